The molecule has 0 amide bonds. The number of carbonyl (C=O) groups is 1. The Bertz CT molecular complexity index is 170. The SMILES string of the molecule is O=C(CCBr)OCCN1CCCCC1. The van der Waals surface area contributed by atoms with Gasteiger partial charge < -0.3 is 4.74 Å². The van der Waals surface area contributed by atoms with E-state index < -0.39 is 0 Å². The van der Waals surface area contributed by atoms with Crippen molar-refractivity contribution in [1.82, 2.24) is 4.90 Å². The van der Waals surface area contributed by atoms with Crippen molar-refractivity contribution in [3.05, 3.63) is 0 Å². The van der Waals surface area contributed by atoms with Gasteiger partial charge in [-0.1, -0.05) is 22.4 Å². The highest BCUT2D eigenvalue weighted by Gasteiger charge is 2.10. The summed E-state index contributed by atoms with van der Waals surface area (Å²) in [4.78, 5) is 13.4. The molecule has 0 spiro atoms. The van der Waals surface area contributed by atoms with Crippen molar-refractivity contribution in [2.45, 2.75) is 25.7 Å². The molecular weight excluding hydrogens is 246 g/mol. The number of piperidine rings is 1. The molecule has 14 heavy (non-hydrogen) atoms. The summed E-state index contributed by atoms with van der Waals surface area (Å²) in [6.07, 6.45) is 4.39. The Morgan fingerprint density at radius 1 is 1.29 bits per heavy atom. The zero-order valence-electron chi connectivity index (χ0n) is 8.51. The molecule has 0 bridgehead atoms. The first-order chi connectivity index (χ1) is 6.83. The number of rotatable bonds is 5. The fourth-order valence-corrected chi connectivity index (χ4v) is 1.94. The number of esters is 1. The molecule has 4 heteroatoms. The van der Waals surface area contributed by atoms with Gasteiger partial charge in [-0.15, -0.1) is 0 Å². The van der Waals surface area contributed by atoms with Gasteiger partial charge in [-0.25, -0.2) is 0 Å². The zero-order chi connectivity index (χ0) is 10.2. The van der Waals surface area contributed by atoms with Crippen LogP contribution in [-0.4, -0.2) is 42.4 Å². The Morgan fingerprint density at radius 3 is 2.64 bits per heavy atom. The van der Waals surface area contributed by atoms with Gasteiger partial charge in [0.2, 0.25) is 0 Å². The molecule has 1 fully saturated rings. The van der Waals surface area contributed by atoms with Crippen molar-refractivity contribution < 1.29 is 9.53 Å². The molecule has 1 heterocycles. The average molecular weight is 264 g/mol. The minimum atomic E-state index is -0.0983. The molecule has 1 saturated heterocycles. The van der Waals surface area contributed by atoms with Gasteiger partial charge in [0.15, 0.2) is 0 Å². The Balaban J connectivity index is 1.99. The molecule has 0 unspecified atom stereocenters. The number of alkyl halides is 1. The van der Waals surface area contributed by atoms with Crippen LogP contribution in [0.3, 0.4) is 0 Å². The van der Waals surface area contributed by atoms with E-state index in [0.29, 0.717) is 18.4 Å². The summed E-state index contributed by atoms with van der Waals surface area (Å²) in [7, 11) is 0. The van der Waals surface area contributed by atoms with Crippen molar-refractivity contribution in [3.8, 4) is 0 Å². The van der Waals surface area contributed by atoms with E-state index in [4.69, 9.17) is 4.74 Å². The van der Waals surface area contributed by atoms with E-state index in [1.54, 1.807) is 0 Å². The second kappa shape index (κ2) is 7.23. The first-order valence-electron chi connectivity index (χ1n) is 5.27. The monoisotopic (exact) mass is 263 g/mol. The molecule has 0 N–H and O–H groups in total. The molecule has 0 atom stereocenters. The number of hydrogen-bond acceptors (Lipinski definition) is 3. The summed E-state index contributed by atoms with van der Waals surface area (Å²) in [5.74, 6) is -0.0983. The molecule has 0 aliphatic carbocycles. The van der Waals surface area contributed by atoms with Gasteiger partial charge in [-0.2, -0.15) is 0 Å². The molecule has 0 saturated carbocycles. The van der Waals surface area contributed by atoms with Crippen molar-refractivity contribution in [3.63, 3.8) is 0 Å². The second-order valence-electron chi connectivity index (χ2n) is 3.56. The number of nitrogens with zero attached hydrogens (tertiary/aromatic N) is 1. The van der Waals surface area contributed by atoms with Gasteiger partial charge in [0.1, 0.15) is 6.61 Å². The number of halogens is 1. The predicted octanol–water partition coefficient (Wildman–Crippen LogP) is 1.80. The highest BCUT2D eigenvalue weighted by Crippen LogP contribution is 2.07. The summed E-state index contributed by atoms with van der Waals surface area (Å²) in [5.41, 5.74) is 0. The quantitative estimate of drug-likeness (QED) is 0.560. The molecule has 0 radical (unpaired) electrons. The van der Waals surface area contributed by atoms with Crippen molar-refractivity contribution >= 4 is 21.9 Å². The molecular formula is C10H18BrNO2. The Hall–Kier alpha value is -0.0900. The second-order valence-corrected chi connectivity index (χ2v) is 4.35. The minimum absolute atomic E-state index is 0.0983. The van der Waals surface area contributed by atoms with E-state index in [0.717, 1.165) is 19.6 Å². The third kappa shape index (κ3) is 4.96. The average Bonchev–Trinajstić information content (AvgIpc) is 2.20. The van der Waals surface area contributed by atoms with Gasteiger partial charge in [0.05, 0.1) is 6.42 Å². The highest BCUT2D eigenvalue weighted by molar-refractivity contribution is 9.09. The third-order valence-electron chi connectivity index (χ3n) is 2.42. The predicted molar refractivity (Wildman–Crippen MR) is 59.7 cm³/mol. The van der Waals surface area contributed by atoms with E-state index in [2.05, 4.69) is 20.8 Å². The lowest BCUT2D eigenvalue weighted by Crippen LogP contribution is -2.33. The fourth-order valence-electron chi connectivity index (χ4n) is 1.62. The van der Waals surface area contributed by atoms with Crippen molar-refractivity contribution in [2.24, 2.45) is 0 Å². The van der Waals surface area contributed by atoms with Gasteiger partial charge in [-0.3, -0.25) is 9.69 Å². The van der Waals surface area contributed by atoms with Crippen LogP contribution < -0.4 is 0 Å². The number of ether oxygens (including phenoxy) is 1. The summed E-state index contributed by atoms with van der Waals surface area (Å²) >= 11 is 3.21. The van der Waals surface area contributed by atoms with Crippen LogP contribution in [0.5, 0.6) is 0 Å². The normalized spacial score (nSPS) is 18.1. The van der Waals surface area contributed by atoms with Crippen molar-refractivity contribution in [1.29, 1.82) is 0 Å². The Kier molecular flexibility index (Phi) is 6.19. The van der Waals surface area contributed by atoms with Crippen LogP contribution in [0.1, 0.15) is 25.7 Å². The summed E-state index contributed by atoms with van der Waals surface area (Å²) in [6, 6.07) is 0. The molecule has 82 valence electrons. The molecule has 0 aromatic heterocycles. The number of carbonyl (C=O) groups excluding carboxylic acids is 1. The smallest absolute Gasteiger partial charge is 0.306 e. The molecule has 0 aromatic carbocycles. The summed E-state index contributed by atoms with van der Waals surface area (Å²) < 4.78 is 5.07. The van der Waals surface area contributed by atoms with Crippen LogP contribution >= 0.6 is 15.9 Å². The molecule has 1 rings (SSSR count). The van der Waals surface area contributed by atoms with E-state index in [9.17, 15) is 4.79 Å². The zero-order valence-corrected chi connectivity index (χ0v) is 10.1. The van der Waals surface area contributed by atoms with Crippen LogP contribution in [0.4, 0.5) is 0 Å². The lowest BCUT2D eigenvalue weighted by Gasteiger charge is -2.25. The molecule has 1 aliphatic heterocycles. The van der Waals surface area contributed by atoms with Crippen LogP contribution in [0.2, 0.25) is 0 Å². The van der Waals surface area contributed by atoms with E-state index in [-0.39, 0.29) is 5.97 Å². The van der Waals surface area contributed by atoms with Gasteiger partial charge >= 0.3 is 5.97 Å². The first-order valence-corrected chi connectivity index (χ1v) is 6.39. The third-order valence-corrected chi connectivity index (χ3v) is 2.81. The molecule has 3 nitrogen and oxygen atoms in total. The standard InChI is InChI=1S/C10H18BrNO2/c11-5-4-10(13)14-9-8-12-6-2-1-3-7-12/h1-9H2. The van der Waals surface area contributed by atoms with Gasteiger partial charge in [0.25, 0.3) is 0 Å². The van der Waals surface area contributed by atoms with Crippen LogP contribution in [0, 0.1) is 0 Å². The lowest BCUT2D eigenvalue weighted by molar-refractivity contribution is -0.143. The maximum absolute atomic E-state index is 11.0. The topological polar surface area (TPSA) is 29.5 Å². The highest BCUT2D eigenvalue weighted by atomic mass is 79.9. The molecule has 1 aliphatic rings. The molecule has 0 aromatic rings. The van der Waals surface area contributed by atoms with Crippen molar-refractivity contribution in [2.75, 3.05) is 31.6 Å². The van der Waals surface area contributed by atoms with E-state index in [1.807, 2.05) is 0 Å². The fraction of sp³-hybridized carbons (Fsp3) is 0.900. The van der Waals surface area contributed by atoms with Gasteiger partial charge in [0, 0.05) is 11.9 Å². The van der Waals surface area contributed by atoms with Gasteiger partial charge in [-0.05, 0) is 25.9 Å². The van der Waals surface area contributed by atoms with Crippen LogP contribution in [0.25, 0.3) is 0 Å². The first kappa shape index (κ1) is 12.0. The maximum atomic E-state index is 11.0. The van der Waals surface area contributed by atoms with E-state index in [1.165, 1.54) is 19.3 Å². The summed E-state index contributed by atoms with van der Waals surface area (Å²) in [6.45, 7) is 3.77. The summed E-state index contributed by atoms with van der Waals surface area (Å²) in [5, 5.41) is 0.690. The number of hydrogen-bond donors (Lipinski definition) is 0. The Morgan fingerprint density at radius 2 is 2.00 bits per heavy atom. The Labute approximate surface area is 93.9 Å². The number of likely N-dealkylation sites (tertiary alicyclic amines) is 1. The van der Waals surface area contributed by atoms with E-state index >= 15 is 0 Å². The largest absolute Gasteiger partial charge is 0.464 e. The van der Waals surface area contributed by atoms with Crippen LogP contribution in [-0.2, 0) is 9.53 Å². The van der Waals surface area contributed by atoms with Crippen LogP contribution in [0.15, 0.2) is 0 Å². The minimum Gasteiger partial charge on any atom is -0.464 e. The maximum Gasteiger partial charge on any atom is 0.306 e. The lowest BCUT2D eigenvalue weighted by atomic mass is 10.1.